The van der Waals surface area contributed by atoms with Gasteiger partial charge in [0.15, 0.2) is 0 Å². The zero-order valence-electron chi connectivity index (χ0n) is 23.2. The predicted molar refractivity (Wildman–Crippen MR) is 163 cm³/mol. The molecule has 2 aromatic heterocycles. The number of hydrogen-bond acceptors (Lipinski definition) is 7. The first-order chi connectivity index (χ1) is 20.9. The molecule has 4 heterocycles. The second-order valence-corrected chi connectivity index (χ2v) is 11.7. The van der Waals surface area contributed by atoms with Gasteiger partial charge in [0.2, 0.25) is 5.91 Å². The van der Waals surface area contributed by atoms with Crippen molar-refractivity contribution in [3.63, 3.8) is 0 Å². The van der Waals surface area contributed by atoms with Crippen LogP contribution < -0.4 is 20.3 Å². The highest BCUT2D eigenvalue weighted by atomic mass is 32.1. The summed E-state index contributed by atoms with van der Waals surface area (Å²) < 4.78 is 5.97. The molecule has 1 saturated heterocycles. The van der Waals surface area contributed by atoms with Crippen LogP contribution in [0.15, 0.2) is 60.8 Å². The van der Waals surface area contributed by atoms with Gasteiger partial charge in [0, 0.05) is 25.3 Å². The van der Waals surface area contributed by atoms with Crippen molar-refractivity contribution in [2.75, 3.05) is 29.9 Å². The topological polar surface area (TPSA) is 124 Å². The Morgan fingerprint density at radius 1 is 1.14 bits per heavy atom. The molecule has 1 aliphatic carbocycles. The van der Waals surface area contributed by atoms with Crippen molar-refractivity contribution in [3.8, 4) is 23.3 Å². The lowest BCUT2D eigenvalue weighted by Gasteiger charge is -2.29. The number of para-hydroxylation sites is 1. The van der Waals surface area contributed by atoms with E-state index in [1.807, 2.05) is 55.5 Å². The van der Waals surface area contributed by atoms with Gasteiger partial charge in [0.1, 0.15) is 27.1 Å². The van der Waals surface area contributed by atoms with Gasteiger partial charge in [0.05, 0.1) is 35.0 Å². The summed E-state index contributed by atoms with van der Waals surface area (Å²) in [5.41, 5.74) is 2.59. The number of thiophene rings is 1. The van der Waals surface area contributed by atoms with Crippen molar-refractivity contribution in [2.45, 2.75) is 19.4 Å². The minimum Gasteiger partial charge on any atom is -0.457 e. The van der Waals surface area contributed by atoms with Crippen molar-refractivity contribution >= 4 is 56.5 Å². The summed E-state index contributed by atoms with van der Waals surface area (Å²) in [6.45, 7) is 2.65. The molecule has 4 amide bonds. The highest BCUT2D eigenvalue weighted by molar-refractivity contribution is 7.21. The standard InChI is InChI=1S/C32H27N5O5S/c1-18-15-22(42-21-5-3-2-4-6-21)8-10-24(18)37-25-11-13-33-30-26(25)27(35-32(37)41)28(43-30)29(39)34-20-12-14-36(16-20)31(40)23-9-7-19(23)17-38/h2-6,8,10-11,13,15,19-20,23,38H,12,14,16-17H2,1H3,(H,34,39)(H,35,41)/t19?,20-,23?/m1/s1. The van der Waals surface area contributed by atoms with Gasteiger partial charge >= 0.3 is 6.03 Å². The molecule has 4 aromatic rings. The number of aliphatic hydroxyl groups excluding tert-OH is 1. The van der Waals surface area contributed by atoms with E-state index in [9.17, 15) is 19.5 Å². The average molecular weight is 594 g/mol. The monoisotopic (exact) mass is 593 g/mol. The number of aliphatic hydroxyl groups is 1. The fourth-order valence-electron chi connectivity index (χ4n) is 5.75. The Morgan fingerprint density at radius 2 is 1.98 bits per heavy atom. The molecule has 2 unspecified atom stereocenters. The zero-order valence-corrected chi connectivity index (χ0v) is 24.0. The lowest BCUT2D eigenvalue weighted by molar-refractivity contribution is -0.134. The highest BCUT2D eigenvalue weighted by Crippen LogP contribution is 2.46. The number of urea groups is 1. The largest absolute Gasteiger partial charge is 0.457 e. The summed E-state index contributed by atoms with van der Waals surface area (Å²) in [7, 11) is 0. The molecule has 2 aromatic carbocycles. The molecular formula is C32H27N5O5S. The van der Waals surface area contributed by atoms with E-state index in [1.54, 1.807) is 22.1 Å². The molecule has 0 bridgehead atoms. The fourth-order valence-corrected chi connectivity index (χ4v) is 6.77. The number of hydrogen-bond donors (Lipinski definition) is 3. The molecule has 11 heteroatoms. The van der Waals surface area contributed by atoms with Crippen LogP contribution in [0.3, 0.4) is 0 Å². The van der Waals surface area contributed by atoms with E-state index in [4.69, 9.17) is 4.74 Å². The maximum atomic E-state index is 13.6. The Kier molecular flexibility index (Phi) is 6.72. The van der Waals surface area contributed by atoms with Gasteiger partial charge in [-0.25, -0.2) is 9.78 Å². The van der Waals surface area contributed by atoms with Crippen molar-refractivity contribution in [3.05, 3.63) is 71.2 Å². The Labute approximate surface area is 251 Å². The van der Waals surface area contributed by atoms with Crippen LogP contribution in [0.2, 0.25) is 0 Å². The zero-order chi connectivity index (χ0) is 29.7. The van der Waals surface area contributed by atoms with Gasteiger partial charge < -0.3 is 25.4 Å². The van der Waals surface area contributed by atoms with E-state index < -0.39 is 5.92 Å². The Bertz CT molecular complexity index is 1850. The van der Waals surface area contributed by atoms with Gasteiger partial charge in [-0.1, -0.05) is 30.0 Å². The number of ether oxygens (including phenoxy) is 1. The number of amides is 4. The predicted octanol–water partition coefficient (Wildman–Crippen LogP) is 4.65. The first-order valence-corrected chi connectivity index (χ1v) is 14.8. The summed E-state index contributed by atoms with van der Waals surface area (Å²) in [5.74, 6) is 5.79. The number of aromatic nitrogens is 1. The number of aryl methyl sites for hydroxylation is 1. The first kappa shape index (κ1) is 26.9. The average Bonchev–Trinajstić information content (AvgIpc) is 3.60. The second-order valence-electron chi connectivity index (χ2n) is 10.7. The van der Waals surface area contributed by atoms with Crippen LogP contribution in [0, 0.1) is 30.6 Å². The highest BCUT2D eigenvalue weighted by Gasteiger charge is 2.38. The van der Waals surface area contributed by atoms with Crippen LogP contribution in [-0.4, -0.2) is 58.6 Å². The lowest BCUT2D eigenvalue weighted by atomic mass is 9.85. The number of carbonyl (C=O) groups excluding carboxylic acids is 3. The van der Waals surface area contributed by atoms with E-state index in [0.29, 0.717) is 57.4 Å². The quantitative estimate of drug-likeness (QED) is 0.268. The lowest BCUT2D eigenvalue weighted by Crippen LogP contribution is -2.43. The Morgan fingerprint density at radius 3 is 2.72 bits per heavy atom. The van der Waals surface area contributed by atoms with Crippen LogP contribution in [0.1, 0.15) is 21.7 Å². The SMILES string of the molecule is Cc1cc(Oc2ccccc2)ccc1N1C(=O)Nc2c(C(=O)N[C@@H]3CCN(C(=O)C4C#CC4CO)C3)sc3nccc1c23. The van der Waals surface area contributed by atoms with Crippen molar-refractivity contribution in [1.29, 1.82) is 0 Å². The number of likely N-dealkylation sites (tertiary alicyclic amines) is 1. The molecule has 0 radical (unpaired) electrons. The molecule has 2 aliphatic heterocycles. The van der Waals surface area contributed by atoms with Gasteiger partial charge in [-0.05, 0) is 55.3 Å². The molecule has 1 fully saturated rings. The van der Waals surface area contributed by atoms with E-state index in [0.717, 1.165) is 11.3 Å². The molecule has 0 saturated carbocycles. The summed E-state index contributed by atoms with van der Waals surface area (Å²) >= 11 is 1.22. The number of nitrogens with zero attached hydrogens (tertiary/aromatic N) is 3. The van der Waals surface area contributed by atoms with Crippen molar-refractivity contribution in [1.82, 2.24) is 15.2 Å². The van der Waals surface area contributed by atoms with E-state index in [-0.39, 0.29) is 36.4 Å². The number of nitrogens with one attached hydrogen (secondary N) is 2. The van der Waals surface area contributed by atoms with Crippen LogP contribution in [-0.2, 0) is 4.79 Å². The molecule has 3 atom stereocenters. The molecule has 3 N–H and O–H groups in total. The van der Waals surface area contributed by atoms with E-state index in [1.165, 1.54) is 11.3 Å². The molecular weight excluding hydrogens is 566 g/mol. The van der Waals surface area contributed by atoms with Crippen LogP contribution >= 0.6 is 11.3 Å². The fraction of sp³-hybridized carbons (Fsp3) is 0.250. The maximum absolute atomic E-state index is 13.6. The Hall–Kier alpha value is -4.92. The minimum absolute atomic E-state index is 0.109. The Balaban J connectivity index is 1.12. The summed E-state index contributed by atoms with van der Waals surface area (Å²) in [6, 6.07) is 16.2. The molecule has 0 spiro atoms. The summed E-state index contributed by atoms with van der Waals surface area (Å²) in [4.78, 5) is 48.6. The van der Waals surface area contributed by atoms with E-state index in [2.05, 4.69) is 27.5 Å². The number of benzene rings is 2. The van der Waals surface area contributed by atoms with Gasteiger partial charge in [-0.15, -0.1) is 11.3 Å². The summed E-state index contributed by atoms with van der Waals surface area (Å²) in [5, 5.41) is 16.1. The van der Waals surface area contributed by atoms with E-state index >= 15 is 0 Å². The minimum atomic E-state index is -0.481. The van der Waals surface area contributed by atoms with Crippen molar-refractivity contribution < 1.29 is 24.2 Å². The number of pyridine rings is 1. The number of rotatable bonds is 7. The van der Waals surface area contributed by atoms with Crippen LogP contribution in [0.25, 0.3) is 10.2 Å². The van der Waals surface area contributed by atoms with Gasteiger partial charge in [-0.3, -0.25) is 14.5 Å². The molecule has 7 rings (SSSR count). The van der Waals surface area contributed by atoms with Crippen molar-refractivity contribution in [2.24, 2.45) is 11.8 Å². The smallest absolute Gasteiger partial charge is 0.331 e. The first-order valence-electron chi connectivity index (χ1n) is 14.0. The third kappa shape index (κ3) is 4.74. The molecule has 3 aliphatic rings. The second kappa shape index (κ2) is 10.7. The molecule has 216 valence electrons. The third-order valence-corrected chi connectivity index (χ3v) is 9.06. The van der Waals surface area contributed by atoms with Crippen LogP contribution in [0.4, 0.5) is 21.9 Å². The van der Waals surface area contributed by atoms with Gasteiger partial charge in [0.25, 0.3) is 5.91 Å². The summed E-state index contributed by atoms with van der Waals surface area (Å²) in [6.07, 6.45) is 2.24. The van der Waals surface area contributed by atoms with Crippen LogP contribution in [0.5, 0.6) is 11.5 Å². The van der Waals surface area contributed by atoms with Gasteiger partial charge in [-0.2, -0.15) is 0 Å². The number of anilines is 3. The molecule has 43 heavy (non-hydrogen) atoms. The normalized spacial score (nSPS) is 20.2. The molecule has 10 nitrogen and oxygen atoms in total. The maximum Gasteiger partial charge on any atom is 0.331 e. The number of carbonyl (C=O) groups is 3. The third-order valence-electron chi connectivity index (χ3n) is 7.96.